The number of hydrogen-bond donors (Lipinski definition) is 0. The maximum absolute atomic E-state index is 5.93. The van der Waals surface area contributed by atoms with Crippen LogP contribution in [0.25, 0.3) is 49.9 Å². The Morgan fingerprint density at radius 1 is 0.591 bits per heavy atom. The average Bonchev–Trinajstić information content (AvgIpc) is 3.74. The molecule has 0 N–H and O–H groups in total. The standard InChI is InChI=1S/C61H56N4.Pt/c1-40-33-41(2)57(42(3)34-40)65-58(63-60(7,8)61(65,9)56(44-23-15-11-16-24-44)45-25-17-12-18-26-45)48-35-47(43-21-13-10-14-22-43)36-50(37-48)64-54-28-20-19-27-51(54)52-30-29-46(38-55(52)64)53-39-49(31-32-62-53)59(4,5)6;/h10-36,39,56H,1-9H3;/q-2;+2/t61-;/m0./s1. The Hall–Kier alpha value is -6.35. The predicted molar refractivity (Wildman–Crippen MR) is 273 cm³/mol. The summed E-state index contributed by atoms with van der Waals surface area (Å²) in [6.07, 6.45) is 1.92. The normalized spacial score (nSPS) is 15.9. The summed E-state index contributed by atoms with van der Waals surface area (Å²) in [6.45, 7) is 20.5. The van der Waals surface area contributed by atoms with Crippen molar-refractivity contribution in [2.75, 3.05) is 4.90 Å². The molecule has 10 rings (SSSR count). The third kappa shape index (κ3) is 7.64. The van der Waals surface area contributed by atoms with Crippen molar-refractivity contribution in [3.05, 3.63) is 221 Å². The van der Waals surface area contributed by atoms with E-state index in [9.17, 15) is 0 Å². The van der Waals surface area contributed by atoms with E-state index in [0.29, 0.717) is 0 Å². The molecule has 66 heavy (non-hydrogen) atoms. The van der Waals surface area contributed by atoms with Gasteiger partial charge in [0.05, 0.1) is 16.9 Å². The Morgan fingerprint density at radius 3 is 1.83 bits per heavy atom. The quantitative estimate of drug-likeness (QED) is 0.142. The number of aromatic nitrogens is 2. The number of para-hydroxylation sites is 1. The van der Waals surface area contributed by atoms with Gasteiger partial charge in [-0.2, -0.15) is 0 Å². The molecule has 3 heterocycles. The van der Waals surface area contributed by atoms with Crippen LogP contribution in [0.3, 0.4) is 0 Å². The van der Waals surface area contributed by atoms with Crippen LogP contribution < -0.4 is 4.90 Å². The molecule has 0 aliphatic carbocycles. The molecular weight excluding hydrogens is 984 g/mol. The van der Waals surface area contributed by atoms with Crippen LogP contribution in [0.4, 0.5) is 5.69 Å². The van der Waals surface area contributed by atoms with E-state index < -0.39 is 11.1 Å². The van der Waals surface area contributed by atoms with Crippen LogP contribution in [-0.2, 0) is 26.5 Å². The number of benzene rings is 7. The number of nitrogens with zero attached hydrogens (tertiary/aromatic N) is 4. The van der Waals surface area contributed by atoms with Gasteiger partial charge in [0, 0.05) is 23.3 Å². The third-order valence-electron chi connectivity index (χ3n) is 13.9. The number of pyridine rings is 1. The van der Waals surface area contributed by atoms with Crippen LogP contribution in [-0.4, -0.2) is 26.5 Å². The van der Waals surface area contributed by atoms with Crippen LogP contribution in [0.2, 0.25) is 0 Å². The van der Waals surface area contributed by atoms with Gasteiger partial charge in [-0.05, 0) is 115 Å². The zero-order valence-corrected chi connectivity index (χ0v) is 41.6. The molecule has 0 amide bonds. The number of rotatable bonds is 8. The van der Waals surface area contributed by atoms with Gasteiger partial charge in [-0.25, -0.2) is 0 Å². The van der Waals surface area contributed by atoms with E-state index in [1.807, 2.05) is 6.20 Å². The van der Waals surface area contributed by atoms with Crippen molar-refractivity contribution in [2.45, 2.75) is 84.7 Å². The van der Waals surface area contributed by atoms with Crippen molar-refractivity contribution in [1.82, 2.24) is 9.55 Å². The van der Waals surface area contributed by atoms with E-state index in [4.69, 9.17) is 9.98 Å². The Bertz CT molecular complexity index is 3210. The summed E-state index contributed by atoms with van der Waals surface area (Å²) < 4.78 is 2.35. The van der Waals surface area contributed by atoms with Gasteiger partial charge < -0.3 is 19.4 Å². The van der Waals surface area contributed by atoms with Crippen molar-refractivity contribution < 1.29 is 21.1 Å². The number of anilines is 1. The fourth-order valence-electron chi connectivity index (χ4n) is 10.5. The topological polar surface area (TPSA) is 33.4 Å². The molecule has 0 spiro atoms. The molecule has 1 aliphatic heterocycles. The van der Waals surface area contributed by atoms with E-state index in [0.717, 1.165) is 61.3 Å². The van der Waals surface area contributed by atoms with E-state index in [2.05, 4.69) is 248 Å². The molecule has 2 aromatic heterocycles. The fraction of sp³-hybridized carbons (Fsp3) is 0.213. The summed E-state index contributed by atoms with van der Waals surface area (Å²) in [7, 11) is 0. The van der Waals surface area contributed by atoms with E-state index in [-0.39, 0.29) is 32.4 Å². The molecule has 1 atom stereocenters. The van der Waals surface area contributed by atoms with Crippen molar-refractivity contribution in [1.29, 1.82) is 0 Å². The van der Waals surface area contributed by atoms with Crippen LogP contribution >= 0.6 is 0 Å². The molecule has 7 aromatic carbocycles. The second-order valence-corrected chi connectivity index (χ2v) is 19.7. The molecule has 9 aromatic rings. The van der Waals surface area contributed by atoms with E-state index in [1.165, 1.54) is 39.1 Å². The maximum atomic E-state index is 5.93. The van der Waals surface area contributed by atoms with Crippen LogP contribution in [0.1, 0.15) is 86.4 Å². The number of hydrogen-bond acceptors (Lipinski definition) is 3. The Balaban J connectivity index is 0.00000548. The van der Waals surface area contributed by atoms with Gasteiger partial charge in [0.2, 0.25) is 0 Å². The maximum Gasteiger partial charge on any atom is 2.00 e. The van der Waals surface area contributed by atoms with Gasteiger partial charge >= 0.3 is 21.1 Å². The summed E-state index contributed by atoms with van der Waals surface area (Å²) in [4.78, 5) is 13.4. The molecule has 0 saturated carbocycles. The van der Waals surface area contributed by atoms with Gasteiger partial charge in [0.1, 0.15) is 0 Å². The zero-order chi connectivity index (χ0) is 45.3. The number of amidine groups is 1. The van der Waals surface area contributed by atoms with Crippen molar-refractivity contribution in [3.8, 4) is 28.1 Å². The Morgan fingerprint density at radius 2 is 1.20 bits per heavy atom. The van der Waals surface area contributed by atoms with Gasteiger partial charge in [-0.15, -0.1) is 47.5 Å². The van der Waals surface area contributed by atoms with E-state index >= 15 is 0 Å². The Labute approximate surface area is 405 Å². The monoisotopic (exact) mass is 1040 g/mol. The molecule has 0 fully saturated rings. The summed E-state index contributed by atoms with van der Waals surface area (Å²) in [5.41, 5.74) is 15.4. The molecular formula is C61H56N4Pt. The van der Waals surface area contributed by atoms with Crippen molar-refractivity contribution >= 4 is 33.3 Å². The number of fused-ring (bicyclic) bond motifs is 3. The molecule has 0 saturated heterocycles. The second-order valence-electron chi connectivity index (χ2n) is 19.7. The molecule has 5 heteroatoms. The number of aliphatic imine (C=N–C) groups is 1. The summed E-state index contributed by atoms with van der Waals surface area (Å²) in [5, 5.41) is 2.29. The first-order valence-corrected chi connectivity index (χ1v) is 22.9. The molecule has 1 aliphatic rings. The second kappa shape index (κ2) is 17.1. The van der Waals surface area contributed by atoms with Crippen LogP contribution in [0.5, 0.6) is 0 Å². The van der Waals surface area contributed by atoms with Gasteiger partial charge in [-0.1, -0.05) is 165 Å². The largest absolute Gasteiger partial charge is 2.00 e. The molecule has 0 unspecified atom stereocenters. The SMILES string of the molecule is Cc1cc(C)c(N2C(c3[c-]c(-n4c5[c-]c(-c6cc(C(C)(C)C)ccn6)ccc5c5ccccc54)cc(-c4ccccc4)c3)=NC(C)(C)[C@]2(C)C(c2ccccc2)c2ccccc2)c(C)c1.[Pt+2]. The minimum atomic E-state index is -0.587. The molecule has 0 bridgehead atoms. The zero-order valence-electron chi connectivity index (χ0n) is 39.3. The molecule has 330 valence electrons. The minimum absolute atomic E-state index is 0. The van der Waals surface area contributed by atoms with Crippen LogP contribution in [0, 0.1) is 32.9 Å². The van der Waals surface area contributed by atoms with Gasteiger partial charge in [0.15, 0.2) is 0 Å². The smallest absolute Gasteiger partial charge is 0.357 e. The molecule has 4 nitrogen and oxygen atoms in total. The van der Waals surface area contributed by atoms with Crippen molar-refractivity contribution in [3.63, 3.8) is 0 Å². The predicted octanol–water partition coefficient (Wildman–Crippen LogP) is 15.0. The first-order valence-electron chi connectivity index (χ1n) is 22.9. The Kier molecular flexibility index (Phi) is 11.6. The van der Waals surface area contributed by atoms with Crippen molar-refractivity contribution in [2.24, 2.45) is 4.99 Å². The van der Waals surface area contributed by atoms with Crippen LogP contribution in [0.15, 0.2) is 175 Å². The fourth-order valence-corrected chi connectivity index (χ4v) is 10.5. The molecule has 0 radical (unpaired) electrons. The first-order chi connectivity index (χ1) is 31.2. The third-order valence-corrected chi connectivity index (χ3v) is 13.9. The first kappa shape index (κ1) is 44.8. The van der Waals surface area contributed by atoms with E-state index in [1.54, 1.807) is 0 Å². The average molecular weight is 1040 g/mol. The summed E-state index contributed by atoms with van der Waals surface area (Å²) in [5.74, 6) is 0.853. The summed E-state index contributed by atoms with van der Waals surface area (Å²) in [6, 6.07) is 67.4. The van der Waals surface area contributed by atoms with Gasteiger partial charge in [0.25, 0.3) is 0 Å². The summed E-state index contributed by atoms with van der Waals surface area (Å²) >= 11 is 0. The number of aryl methyl sites for hydroxylation is 3. The van der Waals surface area contributed by atoms with Gasteiger partial charge in [-0.3, -0.25) is 0 Å². The minimum Gasteiger partial charge on any atom is -0.357 e.